The molecule has 0 saturated carbocycles. The molecule has 0 unspecified atom stereocenters. The number of aromatic nitrogens is 1. The number of hydrogen-bond donors (Lipinski definition) is 3. The molecular formula is C10H17N3O3S. The standard InChI is InChI=1S/C10H17N3O3S/c1-3-7(4-2)13-10(14)9-5-8(6-12-9)17(11,15)16/h5-7,12H,3-4H2,1-2H3,(H,13,14)(H2,11,15,16). The maximum absolute atomic E-state index is 11.7. The minimum atomic E-state index is -3.77. The normalized spacial score (nSPS) is 11.8. The van der Waals surface area contributed by atoms with Crippen LogP contribution in [0.1, 0.15) is 37.2 Å². The predicted molar refractivity (Wildman–Crippen MR) is 64.0 cm³/mol. The molecule has 0 saturated heterocycles. The van der Waals surface area contributed by atoms with Crippen LogP contribution >= 0.6 is 0 Å². The number of amides is 1. The number of rotatable bonds is 5. The molecule has 0 bridgehead atoms. The summed E-state index contributed by atoms with van der Waals surface area (Å²) in [6, 6.07) is 1.32. The van der Waals surface area contributed by atoms with Crippen molar-refractivity contribution >= 4 is 15.9 Å². The van der Waals surface area contributed by atoms with Gasteiger partial charge in [-0.2, -0.15) is 0 Å². The summed E-state index contributed by atoms with van der Waals surface area (Å²) in [6.45, 7) is 3.94. The number of H-pyrrole nitrogens is 1. The largest absolute Gasteiger partial charge is 0.356 e. The minimum Gasteiger partial charge on any atom is -0.356 e. The monoisotopic (exact) mass is 259 g/mol. The molecule has 1 rings (SSSR count). The van der Waals surface area contributed by atoms with Gasteiger partial charge in [-0.05, 0) is 18.9 Å². The third-order valence-corrected chi connectivity index (χ3v) is 3.44. The highest BCUT2D eigenvalue weighted by atomic mass is 32.2. The number of hydrogen-bond acceptors (Lipinski definition) is 3. The highest BCUT2D eigenvalue weighted by molar-refractivity contribution is 7.89. The summed E-state index contributed by atoms with van der Waals surface area (Å²) in [4.78, 5) is 14.2. The van der Waals surface area contributed by atoms with Crippen molar-refractivity contribution in [1.29, 1.82) is 0 Å². The summed E-state index contributed by atoms with van der Waals surface area (Å²) >= 11 is 0. The Morgan fingerprint density at radius 1 is 1.47 bits per heavy atom. The van der Waals surface area contributed by atoms with Crippen LogP contribution in [0.4, 0.5) is 0 Å². The van der Waals surface area contributed by atoms with Crippen molar-refractivity contribution in [3.05, 3.63) is 18.0 Å². The number of nitrogens with two attached hydrogens (primary N) is 1. The Balaban J connectivity index is 2.81. The van der Waals surface area contributed by atoms with Gasteiger partial charge in [0.1, 0.15) is 5.69 Å². The van der Waals surface area contributed by atoms with E-state index in [-0.39, 0.29) is 22.5 Å². The molecule has 17 heavy (non-hydrogen) atoms. The molecule has 0 spiro atoms. The Kier molecular flexibility index (Phi) is 4.30. The van der Waals surface area contributed by atoms with Crippen molar-refractivity contribution in [1.82, 2.24) is 10.3 Å². The van der Waals surface area contributed by atoms with E-state index in [0.29, 0.717) is 0 Å². The van der Waals surface area contributed by atoms with Gasteiger partial charge in [-0.3, -0.25) is 4.79 Å². The number of carbonyl (C=O) groups excluding carboxylic acids is 1. The summed E-state index contributed by atoms with van der Waals surface area (Å²) in [7, 11) is -3.77. The second-order valence-corrected chi connectivity index (χ2v) is 5.34. The van der Waals surface area contributed by atoms with E-state index in [1.54, 1.807) is 0 Å². The maximum Gasteiger partial charge on any atom is 0.267 e. The summed E-state index contributed by atoms with van der Waals surface area (Å²) < 4.78 is 22.1. The number of nitrogens with one attached hydrogen (secondary N) is 2. The molecule has 0 aromatic carbocycles. The first-order valence-corrected chi connectivity index (χ1v) is 6.95. The minimum absolute atomic E-state index is 0.0868. The average Bonchev–Trinajstić information content (AvgIpc) is 2.74. The topological polar surface area (TPSA) is 105 Å². The van der Waals surface area contributed by atoms with Gasteiger partial charge in [-0.15, -0.1) is 0 Å². The molecule has 6 nitrogen and oxygen atoms in total. The number of primary sulfonamides is 1. The Morgan fingerprint density at radius 3 is 2.47 bits per heavy atom. The van der Waals surface area contributed by atoms with Crippen molar-refractivity contribution in [3.8, 4) is 0 Å². The van der Waals surface area contributed by atoms with Gasteiger partial charge in [-0.1, -0.05) is 13.8 Å². The van der Waals surface area contributed by atoms with Gasteiger partial charge < -0.3 is 10.3 Å². The van der Waals surface area contributed by atoms with Gasteiger partial charge in [0.2, 0.25) is 10.0 Å². The Bertz CT molecular complexity index is 489. The lowest BCUT2D eigenvalue weighted by Crippen LogP contribution is -2.33. The first-order valence-electron chi connectivity index (χ1n) is 5.40. The van der Waals surface area contributed by atoms with Crippen molar-refractivity contribution in [3.63, 3.8) is 0 Å². The van der Waals surface area contributed by atoms with E-state index in [1.807, 2.05) is 13.8 Å². The Labute approximate surface area is 101 Å². The van der Waals surface area contributed by atoms with Crippen LogP contribution in [-0.2, 0) is 10.0 Å². The van der Waals surface area contributed by atoms with E-state index in [2.05, 4.69) is 10.3 Å². The van der Waals surface area contributed by atoms with Gasteiger partial charge in [0, 0.05) is 12.2 Å². The number of carbonyl (C=O) groups is 1. The van der Waals surface area contributed by atoms with E-state index in [4.69, 9.17) is 5.14 Å². The molecule has 0 aliphatic carbocycles. The maximum atomic E-state index is 11.7. The molecule has 0 aliphatic rings. The molecule has 4 N–H and O–H groups in total. The fraction of sp³-hybridized carbons (Fsp3) is 0.500. The quantitative estimate of drug-likeness (QED) is 0.720. The van der Waals surface area contributed by atoms with Gasteiger partial charge >= 0.3 is 0 Å². The van der Waals surface area contributed by atoms with Crippen molar-refractivity contribution < 1.29 is 13.2 Å². The van der Waals surface area contributed by atoms with Crippen LogP contribution in [0.5, 0.6) is 0 Å². The third kappa shape index (κ3) is 3.57. The van der Waals surface area contributed by atoms with Crippen LogP contribution in [0.15, 0.2) is 17.2 Å². The lowest BCUT2D eigenvalue weighted by molar-refractivity contribution is 0.0930. The first-order chi connectivity index (χ1) is 7.88. The van der Waals surface area contributed by atoms with Crippen LogP contribution in [-0.4, -0.2) is 25.4 Å². The number of sulfonamides is 1. The zero-order chi connectivity index (χ0) is 13.1. The van der Waals surface area contributed by atoms with Gasteiger partial charge in [-0.25, -0.2) is 13.6 Å². The Morgan fingerprint density at radius 2 is 2.06 bits per heavy atom. The van der Waals surface area contributed by atoms with Crippen LogP contribution < -0.4 is 10.5 Å². The summed E-state index contributed by atoms with van der Waals surface area (Å²) in [5.41, 5.74) is 0.195. The molecule has 1 amide bonds. The molecule has 96 valence electrons. The van der Waals surface area contributed by atoms with Gasteiger partial charge in [0.15, 0.2) is 0 Å². The van der Waals surface area contributed by atoms with E-state index >= 15 is 0 Å². The van der Waals surface area contributed by atoms with Crippen LogP contribution in [0, 0.1) is 0 Å². The van der Waals surface area contributed by atoms with Gasteiger partial charge in [0.05, 0.1) is 4.90 Å². The van der Waals surface area contributed by atoms with Crippen LogP contribution in [0.25, 0.3) is 0 Å². The fourth-order valence-electron chi connectivity index (χ4n) is 1.43. The fourth-order valence-corrected chi connectivity index (χ4v) is 1.93. The summed E-state index contributed by atoms with van der Waals surface area (Å²) in [5.74, 6) is -0.325. The molecule has 0 aliphatic heterocycles. The molecule has 0 atom stereocenters. The lowest BCUT2D eigenvalue weighted by atomic mass is 10.1. The molecule has 0 fully saturated rings. The molecule has 1 heterocycles. The van der Waals surface area contributed by atoms with E-state index in [9.17, 15) is 13.2 Å². The van der Waals surface area contributed by atoms with E-state index < -0.39 is 10.0 Å². The number of aromatic amines is 1. The molecular weight excluding hydrogens is 242 g/mol. The van der Waals surface area contributed by atoms with Crippen LogP contribution in [0.2, 0.25) is 0 Å². The molecule has 1 aromatic heterocycles. The predicted octanol–water partition coefficient (Wildman–Crippen LogP) is 0.581. The van der Waals surface area contributed by atoms with E-state index in [0.717, 1.165) is 12.8 Å². The average molecular weight is 259 g/mol. The SMILES string of the molecule is CCC(CC)NC(=O)c1cc(S(N)(=O)=O)c[nH]1. The summed E-state index contributed by atoms with van der Waals surface area (Å²) in [6.07, 6.45) is 2.85. The Hall–Kier alpha value is -1.34. The molecule has 0 radical (unpaired) electrons. The molecule has 7 heteroatoms. The third-order valence-electron chi connectivity index (χ3n) is 2.55. The van der Waals surface area contributed by atoms with Gasteiger partial charge in [0.25, 0.3) is 5.91 Å². The molecule has 1 aromatic rings. The first kappa shape index (κ1) is 13.7. The smallest absolute Gasteiger partial charge is 0.267 e. The van der Waals surface area contributed by atoms with Crippen LogP contribution in [0.3, 0.4) is 0 Å². The van der Waals surface area contributed by atoms with Crippen molar-refractivity contribution in [2.75, 3.05) is 0 Å². The lowest BCUT2D eigenvalue weighted by Gasteiger charge is -2.13. The van der Waals surface area contributed by atoms with Crippen molar-refractivity contribution in [2.24, 2.45) is 5.14 Å². The highest BCUT2D eigenvalue weighted by Crippen LogP contribution is 2.09. The summed E-state index contributed by atoms with van der Waals surface area (Å²) in [5, 5.41) is 7.74. The van der Waals surface area contributed by atoms with Crippen molar-refractivity contribution in [2.45, 2.75) is 37.6 Å². The zero-order valence-electron chi connectivity index (χ0n) is 9.86. The highest BCUT2D eigenvalue weighted by Gasteiger charge is 2.16. The second kappa shape index (κ2) is 5.33. The zero-order valence-corrected chi connectivity index (χ0v) is 10.7. The van der Waals surface area contributed by atoms with E-state index in [1.165, 1.54) is 12.3 Å². The second-order valence-electron chi connectivity index (χ2n) is 3.78.